The van der Waals surface area contributed by atoms with Crippen molar-refractivity contribution in [3.63, 3.8) is 0 Å². The van der Waals surface area contributed by atoms with Gasteiger partial charge in [0.25, 0.3) is 0 Å². The van der Waals surface area contributed by atoms with E-state index in [-0.39, 0.29) is 11.7 Å². The molecule has 0 spiro atoms. The number of hydrogen-bond donors (Lipinski definition) is 1. The van der Waals surface area contributed by atoms with Gasteiger partial charge in [0.1, 0.15) is 0 Å². The van der Waals surface area contributed by atoms with Crippen molar-refractivity contribution < 1.29 is 9.59 Å². The summed E-state index contributed by atoms with van der Waals surface area (Å²) >= 11 is 0. The van der Waals surface area contributed by atoms with Gasteiger partial charge in [0.05, 0.1) is 0 Å². The molecular weight excluding hydrogens is 154 g/mol. The topological polar surface area (TPSA) is 46.2 Å². The lowest BCUT2D eigenvalue weighted by atomic mass is 9.94. The standard InChI is InChI=1S/C9H7NO2/c11-8-3-1-2-6-5-10-9(12)4-7(6)8/h1-4H,5H2,(H,10,12). The van der Waals surface area contributed by atoms with Crippen LogP contribution < -0.4 is 5.32 Å². The second-order valence-electron chi connectivity index (χ2n) is 2.69. The lowest BCUT2D eigenvalue weighted by Gasteiger charge is -2.17. The van der Waals surface area contributed by atoms with Crippen LogP contribution >= 0.6 is 0 Å². The SMILES string of the molecule is O=C1C=C2C(=O)C=CC=C2CN1. The quantitative estimate of drug-likeness (QED) is 0.548. The van der Waals surface area contributed by atoms with E-state index in [0.29, 0.717) is 12.1 Å². The van der Waals surface area contributed by atoms with Gasteiger partial charge in [0.2, 0.25) is 5.91 Å². The number of hydrogen-bond acceptors (Lipinski definition) is 2. The molecule has 0 radical (unpaired) electrons. The second kappa shape index (κ2) is 2.44. The Bertz CT molecular complexity index is 348. The molecule has 0 aromatic carbocycles. The summed E-state index contributed by atoms with van der Waals surface area (Å²) in [6.45, 7) is 0.459. The van der Waals surface area contributed by atoms with Crippen LogP contribution in [0.5, 0.6) is 0 Å². The highest BCUT2D eigenvalue weighted by molar-refractivity contribution is 6.13. The maximum Gasteiger partial charge on any atom is 0.245 e. The van der Waals surface area contributed by atoms with E-state index in [1.165, 1.54) is 12.2 Å². The highest BCUT2D eigenvalue weighted by Crippen LogP contribution is 2.18. The third-order valence-electron chi connectivity index (χ3n) is 1.88. The summed E-state index contributed by atoms with van der Waals surface area (Å²) in [7, 11) is 0. The number of nitrogens with one attached hydrogen (secondary N) is 1. The Kier molecular flexibility index (Phi) is 1.43. The summed E-state index contributed by atoms with van der Waals surface area (Å²) in [6.07, 6.45) is 6.36. The van der Waals surface area contributed by atoms with Gasteiger partial charge in [-0.1, -0.05) is 12.2 Å². The molecule has 0 atom stereocenters. The van der Waals surface area contributed by atoms with E-state index < -0.39 is 0 Å². The molecule has 3 heteroatoms. The summed E-state index contributed by atoms with van der Waals surface area (Å²) < 4.78 is 0. The van der Waals surface area contributed by atoms with Gasteiger partial charge >= 0.3 is 0 Å². The van der Waals surface area contributed by atoms with Crippen LogP contribution in [0.1, 0.15) is 0 Å². The van der Waals surface area contributed by atoms with Crippen molar-refractivity contribution in [2.75, 3.05) is 6.54 Å². The van der Waals surface area contributed by atoms with Crippen LogP contribution in [0.15, 0.2) is 35.5 Å². The summed E-state index contributed by atoms with van der Waals surface area (Å²) in [6, 6.07) is 0. The highest BCUT2D eigenvalue weighted by atomic mass is 16.1. The minimum absolute atomic E-state index is 0.0812. The molecule has 0 unspecified atom stereocenters. The predicted molar refractivity (Wildman–Crippen MR) is 43.3 cm³/mol. The van der Waals surface area contributed by atoms with Crippen LogP contribution in [0.3, 0.4) is 0 Å². The lowest BCUT2D eigenvalue weighted by molar-refractivity contribution is -0.117. The maximum atomic E-state index is 11.2. The molecule has 1 aliphatic heterocycles. The average Bonchev–Trinajstić information content (AvgIpc) is 2.07. The molecule has 0 aromatic heterocycles. The Morgan fingerprint density at radius 1 is 1.33 bits per heavy atom. The third kappa shape index (κ3) is 0.993. The van der Waals surface area contributed by atoms with Gasteiger partial charge < -0.3 is 5.32 Å². The summed E-state index contributed by atoms with van der Waals surface area (Å²) in [5.74, 6) is -0.270. The van der Waals surface area contributed by atoms with E-state index in [4.69, 9.17) is 0 Å². The molecule has 0 aromatic rings. The summed E-state index contributed by atoms with van der Waals surface area (Å²) in [4.78, 5) is 22.1. The first-order valence-electron chi connectivity index (χ1n) is 3.69. The fourth-order valence-electron chi connectivity index (χ4n) is 1.27. The third-order valence-corrected chi connectivity index (χ3v) is 1.88. The van der Waals surface area contributed by atoms with Crippen molar-refractivity contribution in [2.45, 2.75) is 0 Å². The Labute approximate surface area is 69.5 Å². The Hall–Kier alpha value is -1.64. The number of rotatable bonds is 0. The molecule has 0 fully saturated rings. The van der Waals surface area contributed by atoms with Crippen molar-refractivity contribution >= 4 is 11.7 Å². The van der Waals surface area contributed by atoms with Crippen LogP contribution in [-0.4, -0.2) is 18.2 Å². The van der Waals surface area contributed by atoms with Crippen LogP contribution in [-0.2, 0) is 9.59 Å². The first-order chi connectivity index (χ1) is 5.77. The van der Waals surface area contributed by atoms with Crippen LogP contribution in [0.2, 0.25) is 0 Å². The van der Waals surface area contributed by atoms with Crippen molar-refractivity contribution in [3.05, 3.63) is 35.5 Å². The Morgan fingerprint density at radius 2 is 2.17 bits per heavy atom. The molecule has 1 amide bonds. The van der Waals surface area contributed by atoms with E-state index >= 15 is 0 Å². The zero-order valence-corrected chi connectivity index (χ0v) is 6.33. The number of carbonyl (C=O) groups excluding carboxylic acids is 2. The van der Waals surface area contributed by atoms with Crippen molar-refractivity contribution in [1.29, 1.82) is 0 Å². The van der Waals surface area contributed by atoms with Crippen molar-refractivity contribution in [2.24, 2.45) is 0 Å². The van der Waals surface area contributed by atoms with E-state index in [0.717, 1.165) is 5.57 Å². The largest absolute Gasteiger partial charge is 0.348 e. The zero-order chi connectivity index (χ0) is 8.55. The molecule has 60 valence electrons. The second-order valence-corrected chi connectivity index (χ2v) is 2.69. The fraction of sp³-hybridized carbons (Fsp3) is 0.111. The van der Waals surface area contributed by atoms with Gasteiger partial charge in [-0.15, -0.1) is 0 Å². The minimum Gasteiger partial charge on any atom is -0.348 e. The maximum absolute atomic E-state index is 11.2. The molecule has 1 N–H and O–H groups in total. The van der Waals surface area contributed by atoms with E-state index in [1.54, 1.807) is 6.08 Å². The molecule has 12 heavy (non-hydrogen) atoms. The summed E-state index contributed by atoms with van der Waals surface area (Å²) in [5, 5.41) is 2.63. The predicted octanol–water partition coefficient (Wildman–Crippen LogP) is 0.108. The van der Waals surface area contributed by atoms with Gasteiger partial charge in [-0.3, -0.25) is 9.59 Å². The lowest BCUT2D eigenvalue weighted by Crippen LogP contribution is -2.31. The Morgan fingerprint density at radius 3 is 3.00 bits per heavy atom. The minimum atomic E-state index is -0.189. The van der Waals surface area contributed by atoms with Crippen molar-refractivity contribution in [1.82, 2.24) is 5.32 Å². The normalized spacial score (nSPS) is 21.0. The van der Waals surface area contributed by atoms with Crippen LogP contribution in [0, 0.1) is 0 Å². The van der Waals surface area contributed by atoms with Gasteiger partial charge in [0.15, 0.2) is 5.78 Å². The molecule has 0 saturated heterocycles. The highest BCUT2D eigenvalue weighted by Gasteiger charge is 2.20. The first-order valence-corrected chi connectivity index (χ1v) is 3.69. The number of amides is 1. The fourth-order valence-corrected chi connectivity index (χ4v) is 1.27. The van der Waals surface area contributed by atoms with Gasteiger partial charge in [-0.2, -0.15) is 0 Å². The molecule has 0 bridgehead atoms. The molecule has 2 aliphatic rings. The number of ketones is 1. The van der Waals surface area contributed by atoms with E-state index in [9.17, 15) is 9.59 Å². The Balaban J connectivity index is 2.48. The van der Waals surface area contributed by atoms with Gasteiger partial charge in [-0.05, 0) is 11.6 Å². The zero-order valence-electron chi connectivity index (χ0n) is 6.33. The molecule has 3 nitrogen and oxygen atoms in total. The molecule has 1 heterocycles. The monoisotopic (exact) mass is 161 g/mol. The van der Waals surface area contributed by atoms with E-state index in [1.807, 2.05) is 6.08 Å². The number of fused-ring (bicyclic) bond motifs is 1. The van der Waals surface area contributed by atoms with Crippen molar-refractivity contribution in [3.8, 4) is 0 Å². The molecule has 2 rings (SSSR count). The van der Waals surface area contributed by atoms with Crippen LogP contribution in [0.25, 0.3) is 0 Å². The summed E-state index contributed by atoms with van der Waals surface area (Å²) in [5.41, 5.74) is 1.42. The number of carbonyl (C=O) groups is 2. The average molecular weight is 161 g/mol. The number of allylic oxidation sites excluding steroid dienone is 3. The van der Waals surface area contributed by atoms with E-state index in [2.05, 4.69) is 5.32 Å². The van der Waals surface area contributed by atoms with Gasteiger partial charge in [-0.25, -0.2) is 0 Å². The molecular formula is C9H7NO2. The smallest absolute Gasteiger partial charge is 0.245 e. The molecule has 0 saturated carbocycles. The first kappa shape index (κ1) is 7.03. The van der Waals surface area contributed by atoms with Gasteiger partial charge in [0, 0.05) is 18.2 Å². The van der Waals surface area contributed by atoms with Crippen LogP contribution in [0.4, 0.5) is 0 Å². The molecule has 1 aliphatic carbocycles.